The molecule has 0 atom stereocenters. The van der Waals surface area contributed by atoms with E-state index in [1.165, 1.54) is 0 Å². The number of nitrogens with zero attached hydrogens (tertiary/aromatic N) is 5. The Labute approximate surface area is 166 Å². The number of hydrogen-bond acceptors (Lipinski definition) is 6. The van der Waals surface area contributed by atoms with Gasteiger partial charge in [-0.05, 0) is 25.0 Å². The summed E-state index contributed by atoms with van der Waals surface area (Å²) in [6.07, 6.45) is 3.97. The lowest BCUT2D eigenvalue weighted by Crippen LogP contribution is -2.51. The van der Waals surface area contributed by atoms with E-state index in [9.17, 15) is 9.59 Å². The van der Waals surface area contributed by atoms with Gasteiger partial charge < -0.3 is 19.4 Å². The van der Waals surface area contributed by atoms with E-state index in [0.717, 1.165) is 57.9 Å². The molecule has 0 aliphatic carbocycles. The van der Waals surface area contributed by atoms with Gasteiger partial charge in [0.25, 0.3) is 5.91 Å². The van der Waals surface area contributed by atoms with Crippen LogP contribution in [0.2, 0.25) is 0 Å². The predicted octanol–water partition coefficient (Wildman–Crippen LogP) is 0.298. The second-order valence-corrected chi connectivity index (χ2v) is 7.63. The third kappa shape index (κ3) is 4.28. The van der Waals surface area contributed by atoms with E-state index in [-0.39, 0.29) is 11.8 Å². The van der Waals surface area contributed by atoms with Gasteiger partial charge in [-0.3, -0.25) is 14.5 Å². The van der Waals surface area contributed by atoms with E-state index in [1.54, 1.807) is 6.20 Å². The van der Waals surface area contributed by atoms with Gasteiger partial charge in [0.2, 0.25) is 5.91 Å². The Morgan fingerprint density at radius 3 is 2.36 bits per heavy atom. The predicted molar refractivity (Wildman–Crippen MR) is 105 cm³/mol. The highest BCUT2D eigenvalue weighted by molar-refractivity contribution is 5.99. The summed E-state index contributed by atoms with van der Waals surface area (Å²) in [7, 11) is 0. The van der Waals surface area contributed by atoms with Gasteiger partial charge in [-0.15, -0.1) is 0 Å². The fourth-order valence-electron chi connectivity index (χ4n) is 4.13. The molecule has 0 unspecified atom stereocenters. The minimum atomic E-state index is 0.0279. The zero-order chi connectivity index (χ0) is 19.3. The molecule has 0 aromatic carbocycles. The first kappa shape index (κ1) is 19.1. The molecule has 4 rings (SSSR count). The van der Waals surface area contributed by atoms with E-state index < -0.39 is 0 Å². The van der Waals surface area contributed by atoms with Crippen LogP contribution in [0.4, 0.5) is 5.82 Å². The van der Waals surface area contributed by atoms with Gasteiger partial charge in [-0.25, -0.2) is 4.98 Å². The molecule has 0 radical (unpaired) electrons. The Balaban J connectivity index is 1.34. The summed E-state index contributed by atoms with van der Waals surface area (Å²) in [4.78, 5) is 38.1. The maximum atomic E-state index is 13.1. The minimum absolute atomic E-state index is 0.0279. The third-order valence-corrected chi connectivity index (χ3v) is 5.80. The number of likely N-dealkylation sites (tertiary alicyclic amines) is 1. The lowest BCUT2D eigenvalue weighted by atomic mass is 10.2. The van der Waals surface area contributed by atoms with Crippen molar-refractivity contribution in [2.75, 3.05) is 77.0 Å². The van der Waals surface area contributed by atoms with Crippen LogP contribution in [0.1, 0.15) is 23.2 Å². The molecular formula is C20H29N5O3. The highest BCUT2D eigenvalue weighted by Gasteiger charge is 2.28. The maximum absolute atomic E-state index is 13.1. The molecule has 3 fully saturated rings. The van der Waals surface area contributed by atoms with Crippen LogP contribution in [0, 0.1) is 0 Å². The Kier molecular flexibility index (Phi) is 6.07. The number of pyridine rings is 1. The number of carbonyl (C=O) groups is 2. The Hall–Kier alpha value is -2.19. The molecule has 0 bridgehead atoms. The summed E-state index contributed by atoms with van der Waals surface area (Å²) in [5, 5.41) is 0. The molecular weight excluding hydrogens is 358 g/mol. The molecule has 3 aliphatic rings. The SMILES string of the molecule is O=C(CN1CCN(C(=O)c2cccnc2N2CCOCC2)CC1)N1CCCC1. The summed E-state index contributed by atoms with van der Waals surface area (Å²) in [5.74, 6) is 1.00. The van der Waals surface area contributed by atoms with Gasteiger partial charge in [0, 0.05) is 58.6 Å². The number of amides is 2. The van der Waals surface area contributed by atoms with Crippen LogP contribution in [-0.4, -0.2) is 104 Å². The molecule has 28 heavy (non-hydrogen) atoms. The van der Waals surface area contributed by atoms with Crippen LogP contribution in [-0.2, 0) is 9.53 Å². The van der Waals surface area contributed by atoms with Crippen molar-refractivity contribution in [2.24, 2.45) is 0 Å². The first-order valence-corrected chi connectivity index (χ1v) is 10.3. The van der Waals surface area contributed by atoms with Crippen molar-refractivity contribution < 1.29 is 14.3 Å². The van der Waals surface area contributed by atoms with Gasteiger partial charge in [-0.2, -0.15) is 0 Å². The van der Waals surface area contributed by atoms with Crippen molar-refractivity contribution in [3.8, 4) is 0 Å². The first-order valence-electron chi connectivity index (χ1n) is 10.3. The fraction of sp³-hybridized carbons (Fsp3) is 0.650. The number of morpholine rings is 1. The highest BCUT2D eigenvalue weighted by atomic mass is 16.5. The molecule has 4 heterocycles. The van der Waals surface area contributed by atoms with Gasteiger partial charge in [0.1, 0.15) is 5.82 Å². The average Bonchev–Trinajstić information content (AvgIpc) is 3.30. The average molecular weight is 387 g/mol. The van der Waals surface area contributed by atoms with Crippen LogP contribution in [0.25, 0.3) is 0 Å². The third-order valence-electron chi connectivity index (χ3n) is 5.80. The zero-order valence-electron chi connectivity index (χ0n) is 16.4. The number of carbonyl (C=O) groups excluding carboxylic acids is 2. The normalized spacial score (nSPS) is 21.2. The summed E-state index contributed by atoms with van der Waals surface area (Å²) in [6, 6.07) is 3.69. The zero-order valence-corrected chi connectivity index (χ0v) is 16.4. The molecule has 1 aromatic rings. The summed E-state index contributed by atoms with van der Waals surface area (Å²) in [6.45, 7) is 7.83. The van der Waals surface area contributed by atoms with E-state index in [1.807, 2.05) is 21.9 Å². The molecule has 8 nitrogen and oxygen atoms in total. The van der Waals surface area contributed by atoms with Gasteiger partial charge in [0.15, 0.2) is 0 Å². The van der Waals surface area contributed by atoms with E-state index in [4.69, 9.17) is 4.74 Å². The second kappa shape index (κ2) is 8.87. The van der Waals surface area contributed by atoms with Crippen molar-refractivity contribution >= 4 is 17.6 Å². The molecule has 152 valence electrons. The van der Waals surface area contributed by atoms with Crippen molar-refractivity contribution in [1.29, 1.82) is 0 Å². The quantitative estimate of drug-likeness (QED) is 0.740. The lowest BCUT2D eigenvalue weighted by Gasteiger charge is -2.36. The molecule has 0 spiro atoms. The molecule has 2 amide bonds. The first-order chi connectivity index (χ1) is 13.7. The Morgan fingerprint density at radius 1 is 0.929 bits per heavy atom. The summed E-state index contributed by atoms with van der Waals surface area (Å²) < 4.78 is 5.42. The molecule has 3 aliphatic heterocycles. The molecule has 1 aromatic heterocycles. The van der Waals surface area contributed by atoms with Crippen LogP contribution in [0.15, 0.2) is 18.3 Å². The van der Waals surface area contributed by atoms with Crippen LogP contribution < -0.4 is 4.90 Å². The molecule has 0 N–H and O–H groups in total. The fourth-order valence-corrected chi connectivity index (χ4v) is 4.13. The van der Waals surface area contributed by atoms with E-state index >= 15 is 0 Å². The molecule has 0 saturated carbocycles. The monoisotopic (exact) mass is 387 g/mol. The van der Waals surface area contributed by atoms with Crippen LogP contribution in [0.3, 0.4) is 0 Å². The maximum Gasteiger partial charge on any atom is 0.257 e. The minimum Gasteiger partial charge on any atom is -0.378 e. The number of anilines is 1. The van der Waals surface area contributed by atoms with Gasteiger partial charge in [-0.1, -0.05) is 0 Å². The molecule has 3 saturated heterocycles. The van der Waals surface area contributed by atoms with E-state index in [2.05, 4.69) is 14.8 Å². The van der Waals surface area contributed by atoms with Crippen molar-refractivity contribution in [3.63, 3.8) is 0 Å². The number of ether oxygens (including phenoxy) is 1. The number of piperazine rings is 1. The standard InChI is InChI=1S/C20H29N5O3/c26-18(23-6-1-2-7-23)16-22-8-10-25(11-9-22)20(27)17-4-3-5-21-19(17)24-12-14-28-15-13-24/h3-5H,1-2,6-16H2. The molecule has 8 heteroatoms. The number of rotatable bonds is 4. The smallest absolute Gasteiger partial charge is 0.257 e. The summed E-state index contributed by atoms with van der Waals surface area (Å²) >= 11 is 0. The van der Waals surface area contributed by atoms with Crippen LogP contribution >= 0.6 is 0 Å². The Bertz CT molecular complexity index is 693. The summed E-state index contributed by atoms with van der Waals surface area (Å²) in [5.41, 5.74) is 0.658. The van der Waals surface area contributed by atoms with Crippen LogP contribution in [0.5, 0.6) is 0 Å². The lowest BCUT2D eigenvalue weighted by molar-refractivity contribution is -0.131. The van der Waals surface area contributed by atoms with Crippen molar-refractivity contribution in [1.82, 2.24) is 19.7 Å². The number of aromatic nitrogens is 1. The van der Waals surface area contributed by atoms with Gasteiger partial charge >= 0.3 is 0 Å². The second-order valence-electron chi connectivity index (χ2n) is 7.63. The largest absolute Gasteiger partial charge is 0.378 e. The highest BCUT2D eigenvalue weighted by Crippen LogP contribution is 2.21. The topological polar surface area (TPSA) is 69.2 Å². The van der Waals surface area contributed by atoms with Crippen molar-refractivity contribution in [2.45, 2.75) is 12.8 Å². The number of hydrogen-bond donors (Lipinski definition) is 0. The van der Waals surface area contributed by atoms with E-state index in [0.29, 0.717) is 38.4 Å². The van der Waals surface area contributed by atoms with Gasteiger partial charge in [0.05, 0.1) is 25.3 Å². The van der Waals surface area contributed by atoms with Crippen molar-refractivity contribution in [3.05, 3.63) is 23.9 Å². The Morgan fingerprint density at radius 2 is 1.64 bits per heavy atom.